The van der Waals surface area contributed by atoms with Gasteiger partial charge in [0, 0.05) is 18.6 Å². The molecular formula is C20H26O6. The van der Waals surface area contributed by atoms with E-state index < -0.39 is 5.97 Å². The monoisotopic (exact) mass is 362 g/mol. The summed E-state index contributed by atoms with van der Waals surface area (Å²) in [5.74, 6) is 0.0299. The second-order valence-corrected chi connectivity index (χ2v) is 6.49. The van der Waals surface area contributed by atoms with Crippen molar-refractivity contribution in [1.29, 1.82) is 0 Å². The predicted octanol–water partition coefficient (Wildman–Crippen LogP) is 3.09. The second kappa shape index (κ2) is 9.38. The summed E-state index contributed by atoms with van der Waals surface area (Å²) in [5.41, 5.74) is 0.441. The lowest BCUT2D eigenvalue weighted by atomic mass is 10.0. The zero-order valence-electron chi connectivity index (χ0n) is 15.3. The van der Waals surface area contributed by atoms with Gasteiger partial charge in [-0.1, -0.05) is 12.8 Å². The summed E-state index contributed by atoms with van der Waals surface area (Å²) < 4.78 is 10.7. The first-order valence-electron chi connectivity index (χ1n) is 9.03. The molecule has 0 amide bonds. The van der Waals surface area contributed by atoms with Crippen LogP contribution >= 0.6 is 0 Å². The van der Waals surface area contributed by atoms with Crippen LogP contribution in [0.4, 0.5) is 0 Å². The van der Waals surface area contributed by atoms with E-state index in [9.17, 15) is 19.8 Å². The van der Waals surface area contributed by atoms with Gasteiger partial charge in [-0.05, 0) is 38.3 Å². The number of aliphatic hydroxyl groups is 1. The smallest absolute Gasteiger partial charge is 0.310 e. The van der Waals surface area contributed by atoms with Crippen LogP contribution in [0.1, 0.15) is 50.9 Å². The fourth-order valence-electron chi connectivity index (χ4n) is 2.95. The molecule has 0 fully saturated rings. The predicted molar refractivity (Wildman–Crippen MR) is 98.3 cm³/mol. The van der Waals surface area contributed by atoms with Crippen molar-refractivity contribution >= 4 is 16.9 Å². The van der Waals surface area contributed by atoms with Crippen molar-refractivity contribution in [2.45, 2.75) is 58.5 Å². The Labute approximate surface area is 152 Å². The third-order valence-corrected chi connectivity index (χ3v) is 4.13. The van der Waals surface area contributed by atoms with Crippen LogP contribution < -0.4 is 5.43 Å². The Bertz CT molecular complexity index is 806. The van der Waals surface area contributed by atoms with Crippen LogP contribution in [0.3, 0.4) is 0 Å². The molecule has 6 nitrogen and oxygen atoms in total. The number of carbonyl (C=O) groups is 1. The molecule has 0 spiro atoms. The van der Waals surface area contributed by atoms with Crippen LogP contribution in [-0.2, 0) is 22.4 Å². The van der Waals surface area contributed by atoms with E-state index in [1.807, 2.05) is 0 Å². The quantitative estimate of drug-likeness (QED) is 0.525. The highest BCUT2D eigenvalue weighted by Crippen LogP contribution is 2.24. The van der Waals surface area contributed by atoms with Gasteiger partial charge in [-0.25, -0.2) is 0 Å². The average Bonchev–Trinajstić information content (AvgIpc) is 2.53. The number of rotatable bonds is 9. The maximum absolute atomic E-state index is 12.5. The van der Waals surface area contributed by atoms with Gasteiger partial charge in [-0.2, -0.15) is 0 Å². The van der Waals surface area contributed by atoms with Gasteiger partial charge in [0.1, 0.15) is 17.1 Å². The van der Waals surface area contributed by atoms with Crippen molar-refractivity contribution in [3.8, 4) is 5.75 Å². The summed E-state index contributed by atoms with van der Waals surface area (Å²) in [5, 5.41) is 19.5. The van der Waals surface area contributed by atoms with E-state index in [0.29, 0.717) is 23.1 Å². The minimum atomic E-state index is -0.457. The van der Waals surface area contributed by atoms with Gasteiger partial charge >= 0.3 is 5.97 Å². The molecule has 1 atom stereocenters. The van der Waals surface area contributed by atoms with E-state index in [1.165, 1.54) is 18.2 Å². The van der Waals surface area contributed by atoms with Crippen molar-refractivity contribution in [3.63, 3.8) is 0 Å². The Hall–Kier alpha value is -2.34. The van der Waals surface area contributed by atoms with E-state index in [4.69, 9.17) is 9.15 Å². The third-order valence-electron chi connectivity index (χ3n) is 4.13. The summed E-state index contributed by atoms with van der Waals surface area (Å²) >= 11 is 0. The third kappa shape index (κ3) is 5.59. The number of aromatic hydroxyl groups is 1. The molecule has 0 saturated carbocycles. The number of phenolic OH excluding ortho intramolecular Hbond substituents is 1. The summed E-state index contributed by atoms with van der Waals surface area (Å²) in [6.07, 6.45) is 3.66. The average molecular weight is 362 g/mol. The normalized spacial score (nSPS) is 12.3. The number of fused-ring (bicyclic) bond motifs is 1. The van der Waals surface area contributed by atoms with Gasteiger partial charge in [0.25, 0.3) is 0 Å². The highest BCUT2D eigenvalue weighted by molar-refractivity contribution is 5.86. The number of hydrogen-bond donors (Lipinski definition) is 2. The molecule has 2 N–H and O–H groups in total. The maximum Gasteiger partial charge on any atom is 0.310 e. The molecule has 142 valence electrons. The first kappa shape index (κ1) is 20.0. The first-order valence-corrected chi connectivity index (χ1v) is 9.03. The van der Waals surface area contributed by atoms with Gasteiger partial charge < -0.3 is 19.4 Å². The zero-order chi connectivity index (χ0) is 19.1. The van der Waals surface area contributed by atoms with Crippen LogP contribution in [0, 0.1) is 0 Å². The molecule has 2 rings (SSSR count). The van der Waals surface area contributed by atoms with Crippen LogP contribution in [0.25, 0.3) is 11.0 Å². The van der Waals surface area contributed by atoms with Crippen molar-refractivity contribution < 1.29 is 24.2 Å². The molecule has 2 aromatic rings. The maximum atomic E-state index is 12.5. The molecule has 0 unspecified atom stereocenters. The number of benzene rings is 1. The number of carbonyl (C=O) groups excluding carboxylic acids is 1. The van der Waals surface area contributed by atoms with Crippen LogP contribution in [-0.4, -0.2) is 28.9 Å². The molecule has 6 heteroatoms. The molecule has 0 radical (unpaired) electrons. The summed E-state index contributed by atoms with van der Waals surface area (Å²) in [4.78, 5) is 24.3. The molecule has 0 aliphatic carbocycles. The van der Waals surface area contributed by atoms with Crippen molar-refractivity contribution in [2.24, 2.45) is 0 Å². The lowest BCUT2D eigenvalue weighted by Crippen LogP contribution is -2.11. The van der Waals surface area contributed by atoms with Gasteiger partial charge in [0.2, 0.25) is 0 Å². The fourth-order valence-corrected chi connectivity index (χ4v) is 2.95. The number of aliphatic hydroxyl groups excluding tert-OH is 1. The van der Waals surface area contributed by atoms with Gasteiger partial charge in [-0.3, -0.25) is 9.59 Å². The van der Waals surface area contributed by atoms with E-state index in [0.717, 1.165) is 25.7 Å². The van der Waals surface area contributed by atoms with E-state index in [2.05, 4.69) is 0 Å². The molecule has 0 bridgehead atoms. The number of esters is 1. The minimum Gasteiger partial charge on any atom is -0.508 e. The minimum absolute atomic E-state index is 0.0611. The number of ether oxygens (including phenoxy) is 1. The van der Waals surface area contributed by atoms with Crippen LogP contribution in [0.5, 0.6) is 5.75 Å². The van der Waals surface area contributed by atoms with Gasteiger partial charge in [0.15, 0.2) is 5.43 Å². The molecule has 1 aromatic carbocycles. The number of phenols is 1. The number of aryl methyl sites for hydroxylation is 1. The highest BCUT2D eigenvalue weighted by Gasteiger charge is 2.15. The number of unbranched alkanes of at least 4 members (excludes halogenated alkanes) is 2. The van der Waals surface area contributed by atoms with E-state index >= 15 is 0 Å². The Morgan fingerprint density at radius 3 is 2.69 bits per heavy atom. The Morgan fingerprint density at radius 2 is 2.00 bits per heavy atom. The molecule has 26 heavy (non-hydrogen) atoms. The zero-order valence-corrected chi connectivity index (χ0v) is 15.3. The Balaban J connectivity index is 2.19. The molecule has 0 aliphatic rings. The van der Waals surface area contributed by atoms with Gasteiger partial charge in [0.05, 0.1) is 24.5 Å². The topological polar surface area (TPSA) is 97.0 Å². The van der Waals surface area contributed by atoms with Crippen molar-refractivity contribution in [1.82, 2.24) is 0 Å². The molecular weight excluding hydrogens is 336 g/mol. The Morgan fingerprint density at radius 1 is 1.23 bits per heavy atom. The van der Waals surface area contributed by atoms with Gasteiger partial charge in [-0.15, -0.1) is 0 Å². The first-order chi connectivity index (χ1) is 12.4. The fraction of sp³-hybridized carbons (Fsp3) is 0.500. The molecule has 1 aromatic heterocycles. The van der Waals surface area contributed by atoms with E-state index in [1.54, 1.807) is 13.8 Å². The Kier molecular flexibility index (Phi) is 7.21. The second-order valence-electron chi connectivity index (χ2n) is 6.49. The summed E-state index contributed by atoms with van der Waals surface area (Å²) in [7, 11) is 0. The molecule has 1 heterocycles. The van der Waals surface area contributed by atoms with E-state index in [-0.39, 0.29) is 35.9 Å². The van der Waals surface area contributed by atoms with Crippen molar-refractivity contribution in [3.05, 3.63) is 39.7 Å². The van der Waals surface area contributed by atoms with Crippen LogP contribution in [0.2, 0.25) is 0 Å². The number of hydrogen-bond acceptors (Lipinski definition) is 6. The highest BCUT2D eigenvalue weighted by atomic mass is 16.5. The molecule has 0 aliphatic heterocycles. The summed E-state index contributed by atoms with van der Waals surface area (Å²) in [6, 6.07) is 4.23. The van der Waals surface area contributed by atoms with Crippen LogP contribution in [0.15, 0.2) is 27.4 Å². The standard InChI is InChI=1S/C20H26O6/c1-3-25-19(24)10-14-9-15(22)11-18-20(14)17(23)12-16(26-18)8-6-4-5-7-13(2)21/h9,11-13,21-22H,3-8,10H2,1-2H3/t13-/m1/s1. The summed E-state index contributed by atoms with van der Waals surface area (Å²) in [6.45, 7) is 3.73. The largest absolute Gasteiger partial charge is 0.508 e. The lowest BCUT2D eigenvalue weighted by Gasteiger charge is -2.09. The molecule has 0 saturated heterocycles. The SMILES string of the molecule is CCOC(=O)Cc1cc(O)cc2oc(CCCCC[C@@H](C)O)cc(=O)c12. The van der Waals surface area contributed by atoms with Crippen molar-refractivity contribution in [2.75, 3.05) is 6.61 Å². The lowest BCUT2D eigenvalue weighted by molar-refractivity contribution is -0.142.